The molecule has 0 aromatic carbocycles. The first kappa shape index (κ1) is 10.4. The Morgan fingerprint density at radius 2 is 2.47 bits per heavy atom. The highest BCUT2D eigenvalue weighted by molar-refractivity contribution is 5.32. The zero-order valence-electron chi connectivity index (χ0n) is 9.15. The summed E-state index contributed by atoms with van der Waals surface area (Å²) in [5, 5.41) is 7.92. The lowest BCUT2D eigenvalue weighted by Gasteiger charge is -2.09. The number of anilines is 1. The van der Waals surface area contributed by atoms with Crippen LogP contribution >= 0.6 is 0 Å². The standard InChI is InChI=1S/C10H18N4O/c1-2-9-10(11)12-13-14(9)6-5-8-4-3-7-15-8/h8H,2-7,11H2,1H3. The zero-order chi connectivity index (χ0) is 10.7. The van der Waals surface area contributed by atoms with Crippen molar-refractivity contribution in [3.8, 4) is 0 Å². The molecule has 2 rings (SSSR count). The van der Waals surface area contributed by atoms with E-state index in [1.807, 2.05) is 4.68 Å². The van der Waals surface area contributed by atoms with Gasteiger partial charge in [-0.05, 0) is 25.7 Å². The first-order valence-corrected chi connectivity index (χ1v) is 5.60. The molecule has 1 aliphatic heterocycles. The molecule has 1 unspecified atom stereocenters. The van der Waals surface area contributed by atoms with Crippen molar-refractivity contribution in [2.24, 2.45) is 0 Å². The highest BCUT2D eigenvalue weighted by atomic mass is 16.5. The van der Waals surface area contributed by atoms with E-state index in [0.717, 1.165) is 31.7 Å². The molecule has 1 aromatic heterocycles. The van der Waals surface area contributed by atoms with Gasteiger partial charge in [0, 0.05) is 13.2 Å². The van der Waals surface area contributed by atoms with E-state index < -0.39 is 0 Å². The number of rotatable bonds is 4. The number of nitrogens with zero attached hydrogens (tertiary/aromatic N) is 3. The molecule has 84 valence electrons. The van der Waals surface area contributed by atoms with Crippen molar-refractivity contribution >= 4 is 5.82 Å². The predicted octanol–water partition coefficient (Wildman–Crippen LogP) is 0.992. The van der Waals surface area contributed by atoms with Gasteiger partial charge in [-0.3, -0.25) is 0 Å². The second kappa shape index (κ2) is 4.61. The van der Waals surface area contributed by atoms with Gasteiger partial charge in [-0.15, -0.1) is 5.10 Å². The lowest BCUT2D eigenvalue weighted by molar-refractivity contribution is 0.0991. The minimum Gasteiger partial charge on any atom is -0.381 e. The van der Waals surface area contributed by atoms with Crippen LogP contribution in [0.2, 0.25) is 0 Å². The maximum atomic E-state index is 5.71. The summed E-state index contributed by atoms with van der Waals surface area (Å²) in [6, 6.07) is 0. The van der Waals surface area contributed by atoms with Crippen LogP contribution in [0, 0.1) is 0 Å². The minimum atomic E-state index is 0.403. The van der Waals surface area contributed by atoms with Gasteiger partial charge in [0.15, 0.2) is 5.82 Å². The number of nitrogens with two attached hydrogens (primary N) is 1. The first-order chi connectivity index (χ1) is 7.31. The van der Waals surface area contributed by atoms with Crippen molar-refractivity contribution in [1.29, 1.82) is 0 Å². The lowest BCUT2D eigenvalue weighted by atomic mass is 10.2. The van der Waals surface area contributed by atoms with Crippen LogP contribution in [0.15, 0.2) is 0 Å². The Kier molecular flexibility index (Phi) is 3.20. The first-order valence-electron chi connectivity index (χ1n) is 5.60. The van der Waals surface area contributed by atoms with Crippen LogP contribution in [-0.4, -0.2) is 27.7 Å². The number of nitrogen functional groups attached to an aromatic ring is 1. The third kappa shape index (κ3) is 2.28. The minimum absolute atomic E-state index is 0.403. The molecule has 0 radical (unpaired) electrons. The van der Waals surface area contributed by atoms with Crippen LogP contribution in [-0.2, 0) is 17.7 Å². The normalized spacial score (nSPS) is 21.0. The van der Waals surface area contributed by atoms with Gasteiger partial charge in [0.25, 0.3) is 0 Å². The van der Waals surface area contributed by atoms with Crippen molar-refractivity contribution in [3.05, 3.63) is 5.69 Å². The number of aryl methyl sites for hydroxylation is 1. The Hall–Kier alpha value is -1.10. The summed E-state index contributed by atoms with van der Waals surface area (Å²) in [5.41, 5.74) is 6.75. The Morgan fingerprint density at radius 3 is 3.13 bits per heavy atom. The fraction of sp³-hybridized carbons (Fsp3) is 0.800. The van der Waals surface area contributed by atoms with Gasteiger partial charge >= 0.3 is 0 Å². The molecule has 2 N–H and O–H groups in total. The molecule has 0 saturated carbocycles. The summed E-state index contributed by atoms with van der Waals surface area (Å²) in [6.07, 6.45) is 4.65. The van der Waals surface area contributed by atoms with Gasteiger partial charge in [0.05, 0.1) is 11.8 Å². The summed E-state index contributed by atoms with van der Waals surface area (Å²) < 4.78 is 7.46. The Labute approximate surface area is 89.6 Å². The van der Waals surface area contributed by atoms with Crippen LogP contribution in [0.3, 0.4) is 0 Å². The van der Waals surface area contributed by atoms with E-state index in [9.17, 15) is 0 Å². The third-order valence-corrected chi connectivity index (χ3v) is 2.89. The molecule has 0 aliphatic carbocycles. The van der Waals surface area contributed by atoms with Gasteiger partial charge in [0.1, 0.15) is 0 Å². The van der Waals surface area contributed by atoms with E-state index in [1.165, 1.54) is 12.8 Å². The largest absolute Gasteiger partial charge is 0.381 e. The van der Waals surface area contributed by atoms with Crippen LogP contribution in [0.4, 0.5) is 5.82 Å². The molecule has 1 aliphatic rings. The Balaban J connectivity index is 1.92. The smallest absolute Gasteiger partial charge is 0.169 e. The summed E-state index contributed by atoms with van der Waals surface area (Å²) >= 11 is 0. The average Bonchev–Trinajstić information content (AvgIpc) is 2.84. The predicted molar refractivity (Wildman–Crippen MR) is 57.4 cm³/mol. The van der Waals surface area contributed by atoms with Crippen molar-refractivity contribution in [1.82, 2.24) is 15.0 Å². The molecule has 1 fully saturated rings. The third-order valence-electron chi connectivity index (χ3n) is 2.89. The van der Waals surface area contributed by atoms with E-state index in [1.54, 1.807) is 0 Å². The highest BCUT2D eigenvalue weighted by Gasteiger charge is 2.16. The van der Waals surface area contributed by atoms with E-state index in [2.05, 4.69) is 17.2 Å². The maximum Gasteiger partial charge on any atom is 0.169 e. The monoisotopic (exact) mass is 210 g/mol. The number of ether oxygens (including phenoxy) is 1. The Morgan fingerprint density at radius 1 is 1.60 bits per heavy atom. The maximum absolute atomic E-state index is 5.71. The molecule has 1 atom stereocenters. The zero-order valence-corrected chi connectivity index (χ0v) is 9.15. The van der Waals surface area contributed by atoms with Crippen LogP contribution < -0.4 is 5.73 Å². The second-order valence-corrected chi connectivity index (χ2v) is 3.92. The second-order valence-electron chi connectivity index (χ2n) is 3.92. The number of aromatic nitrogens is 3. The molecule has 0 bridgehead atoms. The van der Waals surface area contributed by atoms with E-state index in [-0.39, 0.29) is 0 Å². The Bertz CT molecular complexity index is 317. The topological polar surface area (TPSA) is 66.0 Å². The summed E-state index contributed by atoms with van der Waals surface area (Å²) in [7, 11) is 0. The summed E-state index contributed by atoms with van der Waals surface area (Å²) in [5.74, 6) is 0.560. The molecular formula is C10H18N4O. The van der Waals surface area contributed by atoms with Crippen LogP contribution in [0.1, 0.15) is 31.9 Å². The highest BCUT2D eigenvalue weighted by Crippen LogP contribution is 2.17. The lowest BCUT2D eigenvalue weighted by Crippen LogP contribution is -2.13. The van der Waals surface area contributed by atoms with Gasteiger partial charge in [0.2, 0.25) is 0 Å². The van der Waals surface area contributed by atoms with E-state index in [4.69, 9.17) is 10.5 Å². The molecular weight excluding hydrogens is 192 g/mol. The SMILES string of the molecule is CCc1c(N)nnn1CCC1CCCO1. The molecule has 5 heteroatoms. The van der Waals surface area contributed by atoms with E-state index in [0.29, 0.717) is 11.9 Å². The summed E-state index contributed by atoms with van der Waals surface area (Å²) in [4.78, 5) is 0. The molecule has 1 aromatic rings. The van der Waals surface area contributed by atoms with Crippen LogP contribution in [0.5, 0.6) is 0 Å². The molecule has 2 heterocycles. The molecule has 5 nitrogen and oxygen atoms in total. The average molecular weight is 210 g/mol. The fourth-order valence-electron chi connectivity index (χ4n) is 2.03. The molecule has 0 amide bonds. The number of hydrogen-bond acceptors (Lipinski definition) is 4. The van der Waals surface area contributed by atoms with Crippen molar-refractivity contribution in [3.63, 3.8) is 0 Å². The van der Waals surface area contributed by atoms with E-state index >= 15 is 0 Å². The number of hydrogen-bond donors (Lipinski definition) is 1. The molecule has 0 spiro atoms. The van der Waals surface area contributed by atoms with Gasteiger partial charge < -0.3 is 10.5 Å². The van der Waals surface area contributed by atoms with Crippen molar-refractivity contribution in [2.45, 2.75) is 45.3 Å². The van der Waals surface area contributed by atoms with Gasteiger partial charge in [-0.25, -0.2) is 4.68 Å². The summed E-state index contributed by atoms with van der Waals surface area (Å²) in [6.45, 7) is 3.83. The quantitative estimate of drug-likeness (QED) is 0.804. The van der Waals surface area contributed by atoms with Crippen molar-refractivity contribution < 1.29 is 4.74 Å². The molecule has 1 saturated heterocycles. The van der Waals surface area contributed by atoms with Gasteiger partial charge in [-0.2, -0.15) is 0 Å². The van der Waals surface area contributed by atoms with Gasteiger partial charge in [-0.1, -0.05) is 12.1 Å². The molecule has 15 heavy (non-hydrogen) atoms. The van der Waals surface area contributed by atoms with Crippen molar-refractivity contribution in [2.75, 3.05) is 12.3 Å². The van der Waals surface area contributed by atoms with Crippen LogP contribution in [0.25, 0.3) is 0 Å². The fourth-order valence-corrected chi connectivity index (χ4v) is 2.03.